The molecule has 0 spiro atoms. The van der Waals surface area contributed by atoms with E-state index in [1.165, 1.54) is 161 Å². The van der Waals surface area contributed by atoms with Gasteiger partial charge in [-0.2, -0.15) is 0 Å². The molecule has 23 nitrogen and oxygen atoms in total. The topological polar surface area (TPSA) is 373 Å². The van der Waals surface area contributed by atoms with Gasteiger partial charge in [0.25, 0.3) is 5.79 Å². The number of nitrogens with one attached hydrogen (secondary N) is 2. The lowest BCUT2D eigenvalue weighted by molar-refractivity contribution is -0.386. The van der Waals surface area contributed by atoms with Crippen molar-refractivity contribution in [1.29, 1.82) is 0 Å². The summed E-state index contributed by atoms with van der Waals surface area (Å²) in [6.07, 6.45) is 12.4. The number of carbonyl (C=O) groups is 3. The van der Waals surface area contributed by atoms with E-state index in [0.29, 0.717) is 19.3 Å². The third-order valence-corrected chi connectivity index (χ3v) is 17.8. The molecule has 0 aliphatic carbocycles. The number of aliphatic hydroxyl groups is 11. The van der Waals surface area contributed by atoms with Crippen LogP contribution in [0.25, 0.3) is 0 Å². The molecule has 3 saturated heterocycles. The second-order valence-electron chi connectivity index (χ2n) is 25.4. The van der Waals surface area contributed by atoms with Crippen molar-refractivity contribution in [3.8, 4) is 0 Å². The molecule has 0 saturated carbocycles. The molecule has 3 fully saturated rings. The van der Waals surface area contributed by atoms with E-state index >= 15 is 0 Å². The molecular formula is C65H122N2O21. The maximum absolute atomic E-state index is 13.5. The summed E-state index contributed by atoms with van der Waals surface area (Å²) in [5.74, 6) is -6.09. The fourth-order valence-electron chi connectivity index (χ4n) is 12.3. The molecule has 3 aliphatic heterocycles. The van der Waals surface area contributed by atoms with Gasteiger partial charge in [0.2, 0.25) is 11.8 Å². The minimum Gasteiger partial charge on any atom is -0.477 e. The number of hydrogen-bond donors (Lipinski definition) is 14. The van der Waals surface area contributed by atoms with E-state index in [0.717, 1.165) is 51.9 Å². The van der Waals surface area contributed by atoms with E-state index in [1.807, 2.05) is 0 Å². The Bertz CT molecular complexity index is 1790. The summed E-state index contributed by atoms with van der Waals surface area (Å²) in [4.78, 5) is 38.5. The fourth-order valence-corrected chi connectivity index (χ4v) is 12.3. The molecule has 2 amide bonds. The number of carbonyl (C=O) groups excluding carboxylic acids is 2. The number of unbranched alkanes of at least 4 members (excludes halogenated alkanes) is 32. The minimum absolute atomic E-state index is 0.229. The average molecular weight is 1270 g/mol. The van der Waals surface area contributed by atoms with Crippen molar-refractivity contribution in [2.75, 3.05) is 26.4 Å². The molecule has 0 radical (unpaired) electrons. The van der Waals surface area contributed by atoms with E-state index in [-0.39, 0.29) is 18.9 Å². The molecule has 0 aromatic carbocycles. The summed E-state index contributed by atoms with van der Waals surface area (Å²) in [6.45, 7) is 2.22. The Balaban J connectivity index is 1.60. The van der Waals surface area contributed by atoms with Crippen LogP contribution in [0, 0.1) is 0 Å². The lowest BCUT2D eigenvalue weighted by Crippen LogP contribution is -2.70. The molecule has 0 aromatic rings. The van der Waals surface area contributed by atoms with Gasteiger partial charge in [-0.3, -0.25) is 9.59 Å². The van der Waals surface area contributed by atoms with Crippen molar-refractivity contribution in [3.63, 3.8) is 0 Å². The highest BCUT2D eigenvalue weighted by Gasteiger charge is 2.60. The standard InChI is InChI=1S/C65H122N2O21/c1-4-6-8-10-12-14-16-18-20-22-23-24-26-28-30-32-34-36-38-47(72)46(67-52(75)39-37-35-33-31-29-27-25-21-19-17-15-13-11-9-7-5-2)44-83-62-57(79)56(78)59(51(43-70)85-62)86-63-58(80)61(55(77)50(42-69)84-63)88-65(64(81)82)40-48(73)53(66-45(3)71)60(87-65)54(76)49(74)41-68/h46-51,53-63,68-70,72-74,76-80H,4-44H2,1-3H3,(H,66,71)(H,67,75)(H,81,82). The van der Waals surface area contributed by atoms with Gasteiger partial charge in [0.1, 0.15) is 67.1 Å². The number of hydrogen-bond acceptors (Lipinski definition) is 20. The highest BCUT2D eigenvalue weighted by Crippen LogP contribution is 2.39. The number of carboxylic acid groups (broad SMARTS) is 1. The first-order valence-corrected chi connectivity index (χ1v) is 34.4. The summed E-state index contributed by atoms with van der Waals surface area (Å²) in [6, 6.07) is -2.52. The van der Waals surface area contributed by atoms with Crippen LogP contribution in [0.15, 0.2) is 0 Å². The van der Waals surface area contributed by atoms with E-state index < -0.39 is 148 Å². The smallest absolute Gasteiger partial charge is 0.364 e. The summed E-state index contributed by atoms with van der Waals surface area (Å²) < 4.78 is 34.8. The zero-order valence-electron chi connectivity index (χ0n) is 53.8. The number of aliphatic hydroxyl groups excluding tert-OH is 11. The van der Waals surface area contributed by atoms with E-state index in [4.69, 9.17) is 28.4 Å². The lowest BCUT2D eigenvalue weighted by Gasteiger charge is -2.50. The number of carboxylic acids is 1. The van der Waals surface area contributed by atoms with Gasteiger partial charge in [0.05, 0.1) is 50.7 Å². The van der Waals surface area contributed by atoms with Crippen LogP contribution in [0.2, 0.25) is 0 Å². The van der Waals surface area contributed by atoms with E-state index in [2.05, 4.69) is 24.5 Å². The largest absolute Gasteiger partial charge is 0.477 e. The summed E-state index contributed by atoms with van der Waals surface area (Å²) in [5.41, 5.74) is 0. The number of aliphatic carboxylic acids is 1. The van der Waals surface area contributed by atoms with Crippen LogP contribution in [-0.4, -0.2) is 215 Å². The molecule has 18 atom stereocenters. The molecule has 3 aliphatic rings. The van der Waals surface area contributed by atoms with Crippen LogP contribution in [0.1, 0.15) is 258 Å². The molecule has 88 heavy (non-hydrogen) atoms. The highest BCUT2D eigenvalue weighted by molar-refractivity contribution is 5.77. The molecular weight excluding hydrogens is 1140 g/mol. The van der Waals surface area contributed by atoms with Crippen LogP contribution in [-0.2, 0) is 42.8 Å². The molecule has 3 rings (SSSR count). The second kappa shape index (κ2) is 46.7. The molecule has 23 heteroatoms. The Kier molecular flexibility index (Phi) is 42.5. The molecule has 14 N–H and O–H groups in total. The van der Waals surface area contributed by atoms with Gasteiger partial charge in [-0.25, -0.2) is 4.79 Å². The molecule has 18 unspecified atom stereocenters. The average Bonchev–Trinajstić information content (AvgIpc) is 0.808. The monoisotopic (exact) mass is 1270 g/mol. The van der Waals surface area contributed by atoms with E-state index in [9.17, 15) is 75.7 Å². The molecule has 518 valence electrons. The van der Waals surface area contributed by atoms with Crippen LogP contribution in [0.5, 0.6) is 0 Å². The van der Waals surface area contributed by atoms with Crippen LogP contribution < -0.4 is 10.6 Å². The first-order valence-electron chi connectivity index (χ1n) is 34.4. The normalized spacial score (nSPS) is 28.9. The van der Waals surface area contributed by atoms with Gasteiger partial charge < -0.3 is 100 Å². The van der Waals surface area contributed by atoms with Crippen molar-refractivity contribution in [1.82, 2.24) is 10.6 Å². The first kappa shape index (κ1) is 80.0. The summed E-state index contributed by atoms with van der Waals surface area (Å²) >= 11 is 0. The number of amides is 2. The Morgan fingerprint density at radius 3 is 1.42 bits per heavy atom. The third-order valence-electron chi connectivity index (χ3n) is 17.8. The van der Waals surface area contributed by atoms with Gasteiger partial charge in [0.15, 0.2) is 12.6 Å². The Morgan fingerprint density at radius 2 is 0.989 bits per heavy atom. The summed E-state index contributed by atoms with van der Waals surface area (Å²) in [7, 11) is 0. The van der Waals surface area contributed by atoms with Crippen LogP contribution in [0.4, 0.5) is 0 Å². The zero-order chi connectivity index (χ0) is 64.7. The van der Waals surface area contributed by atoms with Crippen molar-refractivity contribution in [3.05, 3.63) is 0 Å². The molecule has 0 aromatic heterocycles. The summed E-state index contributed by atoms with van der Waals surface area (Å²) in [5, 5.41) is 136. The fraction of sp³-hybridized carbons (Fsp3) is 0.954. The molecule has 0 bridgehead atoms. The Labute approximate surface area is 525 Å². The Morgan fingerprint density at radius 1 is 0.545 bits per heavy atom. The van der Waals surface area contributed by atoms with Gasteiger partial charge in [-0.1, -0.05) is 226 Å². The molecule has 3 heterocycles. The quantitative estimate of drug-likeness (QED) is 0.0323. The van der Waals surface area contributed by atoms with Crippen molar-refractivity contribution in [2.24, 2.45) is 0 Å². The zero-order valence-corrected chi connectivity index (χ0v) is 53.8. The third kappa shape index (κ3) is 29.4. The predicted molar refractivity (Wildman–Crippen MR) is 329 cm³/mol. The maximum atomic E-state index is 13.5. The van der Waals surface area contributed by atoms with Gasteiger partial charge in [-0.15, -0.1) is 0 Å². The minimum atomic E-state index is -3.08. The van der Waals surface area contributed by atoms with Gasteiger partial charge in [-0.05, 0) is 12.8 Å². The predicted octanol–water partition coefficient (Wildman–Crippen LogP) is 5.73. The maximum Gasteiger partial charge on any atom is 0.364 e. The first-order chi connectivity index (χ1) is 42.4. The van der Waals surface area contributed by atoms with Crippen LogP contribution >= 0.6 is 0 Å². The Hall–Kier alpha value is -2.27. The number of rotatable bonds is 52. The van der Waals surface area contributed by atoms with Gasteiger partial charge >= 0.3 is 5.97 Å². The van der Waals surface area contributed by atoms with Crippen molar-refractivity contribution in [2.45, 2.75) is 368 Å². The number of ether oxygens (including phenoxy) is 6. The van der Waals surface area contributed by atoms with Crippen molar-refractivity contribution < 1.29 is 104 Å². The SMILES string of the molecule is CCCCCCCCCCCCCCCCCCCCC(O)C(COC1OC(CO)C(OC2OC(CO)C(O)C(OC3(C(=O)O)CC(O)C(NC(C)=O)C(C(O)C(O)CO)O3)C2O)C(O)C1O)NC(=O)CCCCCCCCCCCCCCCCCC. The van der Waals surface area contributed by atoms with Crippen LogP contribution in [0.3, 0.4) is 0 Å². The lowest BCUT2D eigenvalue weighted by atomic mass is 9.88. The second-order valence-corrected chi connectivity index (χ2v) is 25.4. The van der Waals surface area contributed by atoms with Gasteiger partial charge in [0, 0.05) is 19.8 Å². The highest BCUT2D eigenvalue weighted by atomic mass is 16.8. The van der Waals surface area contributed by atoms with E-state index in [1.54, 1.807) is 0 Å². The van der Waals surface area contributed by atoms with Crippen molar-refractivity contribution >= 4 is 17.8 Å².